The fraction of sp³-hybridized carbons (Fsp3) is 0.231. The molecule has 0 bridgehead atoms. The fourth-order valence-electron chi connectivity index (χ4n) is 1.69. The largest absolute Gasteiger partial charge is 0.481 e. The minimum absolute atomic E-state index is 0.0940. The quantitative estimate of drug-likeness (QED) is 0.854. The molecule has 0 aliphatic carbocycles. The van der Waals surface area contributed by atoms with Crippen molar-refractivity contribution in [1.29, 1.82) is 0 Å². The van der Waals surface area contributed by atoms with Gasteiger partial charge in [0.05, 0.1) is 13.0 Å². The highest BCUT2D eigenvalue weighted by atomic mass is 16.4. The highest BCUT2D eigenvalue weighted by molar-refractivity contribution is 5.66. The molecule has 6 nitrogen and oxygen atoms in total. The summed E-state index contributed by atoms with van der Waals surface area (Å²) in [7, 11) is 0. The molecule has 0 spiro atoms. The standard InChI is InChI=1S/C13H13N3O3/c17-12(18)7-6-11-13(19)16(9-14-15-11)8-10-4-2-1-3-5-10/h1-5,9H,6-8H2,(H,17,18). The number of benzene rings is 1. The number of aliphatic carboxylic acids is 1. The van der Waals surface area contributed by atoms with Gasteiger partial charge in [-0.15, -0.1) is 10.2 Å². The van der Waals surface area contributed by atoms with Crippen molar-refractivity contribution in [2.24, 2.45) is 0 Å². The Hall–Kier alpha value is -2.50. The molecule has 2 aromatic rings. The zero-order valence-electron chi connectivity index (χ0n) is 10.2. The van der Waals surface area contributed by atoms with Gasteiger partial charge in [0.25, 0.3) is 5.56 Å². The van der Waals surface area contributed by atoms with E-state index in [9.17, 15) is 9.59 Å². The van der Waals surface area contributed by atoms with Crippen LogP contribution in [0.5, 0.6) is 0 Å². The third-order valence-electron chi connectivity index (χ3n) is 2.65. The van der Waals surface area contributed by atoms with Crippen LogP contribution >= 0.6 is 0 Å². The molecule has 1 heterocycles. The molecule has 0 unspecified atom stereocenters. The normalized spacial score (nSPS) is 10.3. The first-order chi connectivity index (χ1) is 9.16. The van der Waals surface area contributed by atoms with Gasteiger partial charge >= 0.3 is 5.97 Å². The van der Waals surface area contributed by atoms with Gasteiger partial charge < -0.3 is 5.11 Å². The summed E-state index contributed by atoms with van der Waals surface area (Å²) in [5, 5.41) is 16.1. The lowest BCUT2D eigenvalue weighted by molar-refractivity contribution is -0.136. The van der Waals surface area contributed by atoms with Gasteiger partial charge in [-0.05, 0) is 5.56 Å². The number of nitrogens with zero attached hydrogens (tertiary/aromatic N) is 3. The SMILES string of the molecule is O=C(O)CCc1nncn(Cc2ccccc2)c1=O. The van der Waals surface area contributed by atoms with Gasteiger partial charge in [-0.2, -0.15) is 0 Å². The molecular formula is C13H13N3O3. The number of rotatable bonds is 5. The number of carboxylic acid groups (broad SMARTS) is 1. The van der Waals surface area contributed by atoms with Crippen LogP contribution in [0.3, 0.4) is 0 Å². The van der Waals surface area contributed by atoms with E-state index in [1.54, 1.807) is 0 Å². The Balaban J connectivity index is 2.20. The van der Waals surface area contributed by atoms with Crippen LogP contribution in [0, 0.1) is 0 Å². The average molecular weight is 259 g/mol. The van der Waals surface area contributed by atoms with Crippen LogP contribution in [0.25, 0.3) is 0 Å². The predicted octanol–water partition coefficient (Wildman–Crippen LogP) is 0.704. The van der Waals surface area contributed by atoms with Crippen molar-refractivity contribution in [3.8, 4) is 0 Å². The molecule has 98 valence electrons. The van der Waals surface area contributed by atoms with Gasteiger partial charge in [0.2, 0.25) is 0 Å². The number of carbonyl (C=O) groups is 1. The lowest BCUT2D eigenvalue weighted by Crippen LogP contribution is -2.26. The number of aryl methyl sites for hydroxylation is 1. The van der Waals surface area contributed by atoms with Crippen LogP contribution in [-0.2, 0) is 17.8 Å². The Morgan fingerprint density at radius 1 is 1.26 bits per heavy atom. The van der Waals surface area contributed by atoms with Gasteiger partial charge in [0.15, 0.2) is 0 Å². The third-order valence-corrected chi connectivity index (χ3v) is 2.65. The summed E-state index contributed by atoms with van der Waals surface area (Å²) in [6.45, 7) is 0.398. The maximum Gasteiger partial charge on any atom is 0.303 e. The highest BCUT2D eigenvalue weighted by Gasteiger charge is 2.08. The molecule has 0 saturated carbocycles. The topological polar surface area (TPSA) is 85.1 Å². The molecule has 0 radical (unpaired) electrons. The summed E-state index contributed by atoms with van der Waals surface area (Å²) in [6.07, 6.45) is 1.33. The smallest absolute Gasteiger partial charge is 0.303 e. The molecule has 19 heavy (non-hydrogen) atoms. The summed E-state index contributed by atoms with van der Waals surface area (Å²) in [4.78, 5) is 22.6. The third kappa shape index (κ3) is 3.48. The summed E-state index contributed by atoms with van der Waals surface area (Å²) in [5.41, 5.74) is 0.864. The fourth-order valence-corrected chi connectivity index (χ4v) is 1.69. The van der Waals surface area contributed by atoms with Crippen LogP contribution in [0.2, 0.25) is 0 Å². The minimum Gasteiger partial charge on any atom is -0.481 e. The molecule has 1 aromatic heterocycles. The number of carboxylic acids is 1. The minimum atomic E-state index is -0.959. The summed E-state index contributed by atoms with van der Waals surface area (Å²) in [5.74, 6) is -0.959. The van der Waals surface area contributed by atoms with Crippen molar-refractivity contribution in [2.75, 3.05) is 0 Å². The van der Waals surface area contributed by atoms with Gasteiger partial charge in [-0.1, -0.05) is 30.3 Å². The summed E-state index contributed by atoms with van der Waals surface area (Å²) >= 11 is 0. The first-order valence-electron chi connectivity index (χ1n) is 5.83. The summed E-state index contributed by atoms with van der Waals surface area (Å²) in [6, 6.07) is 9.49. The van der Waals surface area contributed by atoms with Crippen LogP contribution in [0.1, 0.15) is 17.7 Å². The van der Waals surface area contributed by atoms with Crippen molar-refractivity contribution in [1.82, 2.24) is 14.8 Å². The van der Waals surface area contributed by atoms with E-state index in [1.807, 2.05) is 30.3 Å². The van der Waals surface area contributed by atoms with E-state index in [-0.39, 0.29) is 24.1 Å². The van der Waals surface area contributed by atoms with Crippen molar-refractivity contribution in [3.05, 3.63) is 58.3 Å². The second-order valence-corrected chi connectivity index (χ2v) is 4.09. The first kappa shape index (κ1) is 12.9. The van der Waals surface area contributed by atoms with E-state index < -0.39 is 5.97 Å². The van der Waals surface area contributed by atoms with E-state index in [2.05, 4.69) is 10.2 Å². The van der Waals surface area contributed by atoms with Crippen molar-refractivity contribution < 1.29 is 9.90 Å². The Labute approximate surface area is 109 Å². The Bertz CT molecular complexity index is 623. The van der Waals surface area contributed by atoms with Gasteiger partial charge in [0, 0.05) is 6.42 Å². The molecule has 2 rings (SSSR count). The highest BCUT2D eigenvalue weighted by Crippen LogP contribution is 2.00. The lowest BCUT2D eigenvalue weighted by atomic mass is 10.2. The van der Waals surface area contributed by atoms with Crippen molar-refractivity contribution >= 4 is 5.97 Å². The van der Waals surface area contributed by atoms with Gasteiger partial charge in [-0.3, -0.25) is 14.2 Å². The monoisotopic (exact) mass is 259 g/mol. The van der Waals surface area contributed by atoms with E-state index in [0.717, 1.165) is 5.56 Å². The molecule has 0 atom stereocenters. The van der Waals surface area contributed by atoms with E-state index in [1.165, 1.54) is 10.9 Å². The Morgan fingerprint density at radius 2 is 2.00 bits per heavy atom. The number of hydrogen-bond acceptors (Lipinski definition) is 4. The summed E-state index contributed by atoms with van der Waals surface area (Å²) < 4.78 is 1.43. The molecule has 0 saturated heterocycles. The molecular weight excluding hydrogens is 246 g/mol. The average Bonchev–Trinajstić information content (AvgIpc) is 2.41. The predicted molar refractivity (Wildman–Crippen MR) is 67.8 cm³/mol. The molecule has 1 aromatic carbocycles. The van der Waals surface area contributed by atoms with Crippen LogP contribution in [-0.4, -0.2) is 25.8 Å². The lowest BCUT2D eigenvalue weighted by Gasteiger charge is -2.06. The van der Waals surface area contributed by atoms with E-state index >= 15 is 0 Å². The maximum absolute atomic E-state index is 12.1. The second kappa shape index (κ2) is 5.90. The molecule has 0 aliphatic heterocycles. The second-order valence-electron chi connectivity index (χ2n) is 4.09. The Kier molecular flexibility index (Phi) is 4.02. The zero-order chi connectivity index (χ0) is 13.7. The number of aromatic nitrogens is 3. The van der Waals surface area contributed by atoms with Crippen LogP contribution in [0.15, 0.2) is 41.5 Å². The van der Waals surface area contributed by atoms with Crippen LogP contribution < -0.4 is 5.56 Å². The van der Waals surface area contributed by atoms with E-state index in [4.69, 9.17) is 5.11 Å². The maximum atomic E-state index is 12.1. The van der Waals surface area contributed by atoms with Crippen molar-refractivity contribution in [3.63, 3.8) is 0 Å². The Morgan fingerprint density at radius 3 is 2.68 bits per heavy atom. The molecule has 0 fully saturated rings. The molecule has 0 aliphatic rings. The van der Waals surface area contributed by atoms with E-state index in [0.29, 0.717) is 6.54 Å². The number of hydrogen-bond donors (Lipinski definition) is 1. The van der Waals surface area contributed by atoms with Gasteiger partial charge in [0.1, 0.15) is 12.0 Å². The first-order valence-corrected chi connectivity index (χ1v) is 5.83. The van der Waals surface area contributed by atoms with Crippen LogP contribution in [0.4, 0.5) is 0 Å². The molecule has 0 amide bonds. The van der Waals surface area contributed by atoms with Gasteiger partial charge in [-0.25, -0.2) is 0 Å². The molecule has 1 N–H and O–H groups in total. The molecule has 6 heteroatoms. The van der Waals surface area contributed by atoms with Crippen molar-refractivity contribution in [2.45, 2.75) is 19.4 Å². The zero-order valence-corrected chi connectivity index (χ0v) is 10.2.